The van der Waals surface area contributed by atoms with Crippen molar-refractivity contribution in [3.05, 3.63) is 47.2 Å². The molecule has 3 heterocycles. The Morgan fingerprint density at radius 1 is 1.22 bits per heavy atom. The zero-order valence-corrected chi connectivity index (χ0v) is 16.8. The van der Waals surface area contributed by atoms with Crippen molar-refractivity contribution in [3.8, 4) is 0 Å². The fraction of sp³-hybridized carbons (Fsp3) is 0.455. The number of piperidine rings is 1. The second-order valence-electron chi connectivity index (χ2n) is 7.44. The summed E-state index contributed by atoms with van der Waals surface area (Å²) < 4.78 is 0. The highest BCUT2D eigenvalue weighted by Gasteiger charge is 2.17. The number of rotatable bonds is 5. The lowest BCUT2D eigenvalue weighted by atomic mass is 10.0. The van der Waals surface area contributed by atoms with Crippen LogP contribution in [0.3, 0.4) is 0 Å². The van der Waals surface area contributed by atoms with Crippen molar-refractivity contribution in [3.63, 3.8) is 0 Å². The van der Waals surface area contributed by atoms with Gasteiger partial charge in [0.2, 0.25) is 0 Å². The molecule has 2 aromatic rings. The molecular weight excluding hydrogens is 354 g/mol. The molecule has 4 nitrogen and oxygen atoms in total. The molecule has 5 heteroatoms. The lowest BCUT2D eigenvalue weighted by Crippen LogP contribution is -2.37. The van der Waals surface area contributed by atoms with Crippen LogP contribution >= 0.6 is 11.8 Å². The Kier molecular flexibility index (Phi) is 5.79. The second kappa shape index (κ2) is 8.44. The summed E-state index contributed by atoms with van der Waals surface area (Å²) in [5.41, 5.74) is 3.71. The molecule has 1 saturated heterocycles. The third-order valence-corrected chi connectivity index (χ3v) is 6.46. The average Bonchev–Trinajstić information content (AvgIpc) is 3.23. The summed E-state index contributed by atoms with van der Waals surface area (Å²) in [7, 11) is 0. The van der Waals surface area contributed by atoms with E-state index < -0.39 is 0 Å². The Labute approximate surface area is 165 Å². The molecule has 1 fully saturated rings. The number of nitrogens with one attached hydrogen (secondary N) is 1. The monoisotopic (exact) mass is 381 g/mol. The van der Waals surface area contributed by atoms with E-state index in [2.05, 4.69) is 35.3 Å². The van der Waals surface area contributed by atoms with Gasteiger partial charge in [-0.05, 0) is 57.5 Å². The van der Waals surface area contributed by atoms with Crippen LogP contribution in [-0.4, -0.2) is 47.7 Å². The molecule has 0 aliphatic carbocycles. The first-order chi connectivity index (χ1) is 13.2. The van der Waals surface area contributed by atoms with Gasteiger partial charge >= 0.3 is 0 Å². The molecule has 2 aliphatic heterocycles. The fourth-order valence-corrected chi connectivity index (χ4v) is 4.80. The van der Waals surface area contributed by atoms with Crippen LogP contribution in [0.5, 0.6) is 0 Å². The van der Waals surface area contributed by atoms with Gasteiger partial charge in [0, 0.05) is 29.1 Å². The van der Waals surface area contributed by atoms with E-state index >= 15 is 0 Å². The standard InChI is InChI=1S/C22H27N3OS/c1-16-7-8-19-17(14-16)18(15-20(24-19)21-6-5-13-27-21)22(26)23-9-12-25-10-3-2-4-11-25/h6-8,14-15H,2-5,9-13H2,1H3,(H,23,26). The molecule has 27 heavy (non-hydrogen) atoms. The van der Waals surface area contributed by atoms with Crippen LogP contribution in [0.1, 0.15) is 47.3 Å². The van der Waals surface area contributed by atoms with Crippen LogP contribution in [0.2, 0.25) is 0 Å². The van der Waals surface area contributed by atoms with Crippen molar-refractivity contribution < 1.29 is 4.79 Å². The number of nitrogens with zero attached hydrogens (tertiary/aromatic N) is 2. The van der Waals surface area contributed by atoms with Gasteiger partial charge in [-0.25, -0.2) is 4.98 Å². The fourth-order valence-electron chi connectivity index (χ4n) is 3.86. The number of hydrogen-bond donors (Lipinski definition) is 1. The Hall–Kier alpha value is -1.85. The van der Waals surface area contributed by atoms with Gasteiger partial charge in [0.25, 0.3) is 5.91 Å². The summed E-state index contributed by atoms with van der Waals surface area (Å²) in [5.74, 6) is 1.11. The molecule has 0 saturated carbocycles. The first-order valence-corrected chi connectivity index (χ1v) is 10.9. The highest BCUT2D eigenvalue weighted by Crippen LogP contribution is 2.34. The molecule has 1 amide bonds. The minimum atomic E-state index is 0.00913. The normalized spacial score (nSPS) is 17.9. The topological polar surface area (TPSA) is 45.2 Å². The van der Waals surface area contributed by atoms with Crippen molar-refractivity contribution in [2.45, 2.75) is 32.6 Å². The Morgan fingerprint density at radius 2 is 2.07 bits per heavy atom. The molecule has 1 N–H and O–H groups in total. The summed E-state index contributed by atoms with van der Waals surface area (Å²) in [5, 5.41) is 4.08. The number of benzene rings is 1. The van der Waals surface area contributed by atoms with Crippen molar-refractivity contribution >= 4 is 33.5 Å². The highest BCUT2D eigenvalue weighted by molar-refractivity contribution is 8.08. The Bertz CT molecular complexity index is 871. The van der Waals surface area contributed by atoms with E-state index in [4.69, 9.17) is 4.98 Å². The summed E-state index contributed by atoms with van der Waals surface area (Å²) in [6.07, 6.45) is 7.19. The molecule has 1 aromatic heterocycles. The minimum Gasteiger partial charge on any atom is -0.351 e. The van der Waals surface area contributed by atoms with Gasteiger partial charge in [0.05, 0.1) is 16.8 Å². The van der Waals surface area contributed by atoms with Crippen LogP contribution in [0.4, 0.5) is 0 Å². The number of pyridine rings is 1. The minimum absolute atomic E-state index is 0.00913. The van der Waals surface area contributed by atoms with E-state index in [9.17, 15) is 4.79 Å². The van der Waals surface area contributed by atoms with Crippen molar-refractivity contribution in [2.75, 3.05) is 31.9 Å². The summed E-state index contributed by atoms with van der Waals surface area (Å²) >= 11 is 1.82. The van der Waals surface area contributed by atoms with Gasteiger partial charge < -0.3 is 10.2 Å². The van der Waals surface area contributed by atoms with E-state index in [1.165, 1.54) is 24.2 Å². The number of fused-ring (bicyclic) bond motifs is 1. The summed E-state index contributed by atoms with van der Waals surface area (Å²) in [4.78, 5) is 21.5. The van der Waals surface area contributed by atoms with Gasteiger partial charge in [0.1, 0.15) is 0 Å². The van der Waals surface area contributed by atoms with Crippen molar-refractivity contribution in [2.24, 2.45) is 0 Å². The molecular formula is C22H27N3OS. The quantitative estimate of drug-likeness (QED) is 0.842. The van der Waals surface area contributed by atoms with Crippen LogP contribution in [-0.2, 0) is 0 Å². The highest BCUT2D eigenvalue weighted by atomic mass is 32.2. The maximum Gasteiger partial charge on any atom is 0.252 e. The van der Waals surface area contributed by atoms with Gasteiger partial charge in [0.15, 0.2) is 0 Å². The van der Waals surface area contributed by atoms with E-state index in [1.807, 2.05) is 23.9 Å². The zero-order chi connectivity index (χ0) is 18.6. The molecule has 0 unspecified atom stereocenters. The third-order valence-electron chi connectivity index (χ3n) is 5.33. The van der Waals surface area contributed by atoms with E-state index in [1.54, 1.807) is 0 Å². The molecule has 0 atom stereocenters. The zero-order valence-electron chi connectivity index (χ0n) is 16.0. The number of hydrogen-bond acceptors (Lipinski definition) is 4. The lowest BCUT2D eigenvalue weighted by Gasteiger charge is -2.26. The maximum absolute atomic E-state index is 13.0. The Balaban J connectivity index is 1.56. The smallest absolute Gasteiger partial charge is 0.252 e. The van der Waals surface area contributed by atoms with Gasteiger partial charge in [-0.15, -0.1) is 11.8 Å². The third kappa shape index (κ3) is 4.36. The predicted molar refractivity (Wildman–Crippen MR) is 114 cm³/mol. The number of amides is 1. The second-order valence-corrected chi connectivity index (χ2v) is 8.58. The van der Waals surface area contributed by atoms with E-state index in [-0.39, 0.29) is 5.91 Å². The van der Waals surface area contributed by atoms with Crippen LogP contribution in [0.15, 0.2) is 30.3 Å². The largest absolute Gasteiger partial charge is 0.351 e. The Morgan fingerprint density at radius 3 is 2.85 bits per heavy atom. The van der Waals surface area contributed by atoms with Crippen molar-refractivity contribution in [1.29, 1.82) is 0 Å². The van der Waals surface area contributed by atoms with Crippen LogP contribution in [0.25, 0.3) is 15.8 Å². The maximum atomic E-state index is 13.0. The van der Waals surface area contributed by atoms with Gasteiger partial charge in [-0.3, -0.25) is 4.79 Å². The molecule has 0 spiro atoms. The number of allylic oxidation sites excluding steroid dienone is 1. The van der Waals surface area contributed by atoms with Gasteiger partial charge in [-0.2, -0.15) is 0 Å². The number of likely N-dealkylation sites (tertiary alicyclic amines) is 1. The first kappa shape index (κ1) is 18.5. The number of carbonyl (C=O) groups is 1. The van der Waals surface area contributed by atoms with E-state index in [0.717, 1.165) is 59.5 Å². The van der Waals surface area contributed by atoms with Crippen molar-refractivity contribution in [1.82, 2.24) is 15.2 Å². The molecule has 142 valence electrons. The van der Waals surface area contributed by atoms with Crippen LogP contribution in [0, 0.1) is 6.92 Å². The SMILES string of the molecule is Cc1ccc2nc(C3=CCCS3)cc(C(=O)NCCN3CCCCC3)c2c1. The molecule has 0 radical (unpaired) electrons. The number of thioether (sulfide) groups is 1. The molecule has 1 aromatic carbocycles. The van der Waals surface area contributed by atoms with E-state index in [0.29, 0.717) is 6.54 Å². The number of aromatic nitrogens is 1. The lowest BCUT2D eigenvalue weighted by molar-refractivity contribution is 0.0948. The first-order valence-electron chi connectivity index (χ1n) is 9.96. The molecule has 0 bridgehead atoms. The van der Waals surface area contributed by atoms with Crippen LogP contribution < -0.4 is 5.32 Å². The number of aryl methyl sites for hydroxylation is 1. The predicted octanol–water partition coefficient (Wildman–Crippen LogP) is 4.24. The average molecular weight is 382 g/mol. The van der Waals surface area contributed by atoms with Gasteiger partial charge in [-0.1, -0.05) is 24.1 Å². The summed E-state index contributed by atoms with van der Waals surface area (Å²) in [6, 6.07) is 8.14. The molecule has 4 rings (SSSR count). The summed E-state index contributed by atoms with van der Waals surface area (Å²) in [6.45, 7) is 6.00. The number of carbonyl (C=O) groups excluding carboxylic acids is 1. The molecule has 2 aliphatic rings.